The lowest BCUT2D eigenvalue weighted by Crippen LogP contribution is -2.38. The van der Waals surface area contributed by atoms with Crippen LogP contribution < -0.4 is 16.4 Å². The molecule has 0 unspecified atom stereocenters. The Balaban J connectivity index is 1.66. The molecule has 0 bridgehead atoms. The van der Waals surface area contributed by atoms with Gasteiger partial charge in [-0.1, -0.05) is 24.3 Å². The van der Waals surface area contributed by atoms with Gasteiger partial charge in [0.05, 0.1) is 11.0 Å². The Morgan fingerprint density at radius 3 is 2.57 bits per heavy atom. The first-order valence-corrected chi connectivity index (χ1v) is 10.9. The van der Waals surface area contributed by atoms with Crippen LogP contribution in [0.3, 0.4) is 0 Å². The predicted octanol–water partition coefficient (Wildman–Crippen LogP) is 3.62. The Morgan fingerprint density at radius 2 is 1.87 bits per heavy atom. The fourth-order valence-corrected chi connectivity index (χ4v) is 4.99. The van der Waals surface area contributed by atoms with Crippen molar-refractivity contribution in [1.29, 1.82) is 0 Å². The lowest BCUT2D eigenvalue weighted by molar-refractivity contribution is -0.384. The molecule has 8 heteroatoms. The number of hydrogen-bond donors (Lipinski definition) is 2. The number of benzene rings is 1. The SMILES string of the molecule is NCC1CCC(CN(c2ncc([N+](=O)[O-])c(N)n2)[C@H]2CCCc3ccccc32)CC1. The van der Waals surface area contributed by atoms with E-state index < -0.39 is 4.92 Å². The van der Waals surface area contributed by atoms with Gasteiger partial charge in [0.2, 0.25) is 11.8 Å². The maximum Gasteiger partial charge on any atom is 0.329 e. The van der Waals surface area contributed by atoms with Crippen molar-refractivity contribution < 1.29 is 4.92 Å². The van der Waals surface area contributed by atoms with Crippen molar-refractivity contribution in [3.05, 3.63) is 51.7 Å². The number of nitro groups is 1. The summed E-state index contributed by atoms with van der Waals surface area (Å²) in [5, 5.41) is 11.2. The van der Waals surface area contributed by atoms with Crippen LogP contribution in [0, 0.1) is 22.0 Å². The van der Waals surface area contributed by atoms with Crippen LogP contribution in [0.15, 0.2) is 30.5 Å². The predicted molar refractivity (Wildman–Crippen MR) is 117 cm³/mol. The van der Waals surface area contributed by atoms with Gasteiger partial charge < -0.3 is 16.4 Å². The smallest absolute Gasteiger partial charge is 0.329 e. The molecule has 2 aliphatic carbocycles. The number of nitrogens with two attached hydrogens (primary N) is 2. The number of anilines is 2. The summed E-state index contributed by atoms with van der Waals surface area (Å²) in [6, 6.07) is 8.69. The maximum absolute atomic E-state index is 11.2. The minimum atomic E-state index is -0.534. The summed E-state index contributed by atoms with van der Waals surface area (Å²) in [7, 11) is 0. The van der Waals surface area contributed by atoms with Crippen molar-refractivity contribution in [1.82, 2.24) is 9.97 Å². The third-order valence-electron chi connectivity index (χ3n) is 6.71. The quantitative estimate of drug-likeness (QED) is 0.550. The highest BCUT2D eigenvalue weighted by molar-refractivity contribution is 5.54. The van der Waals surface area contributed by atoms with Gasteiger partial charge in [-0.2, -0.15) is 4.98 Å². The van der Waals surface area contributed by atoms with E-state index in [1.165, 1.54) is 17.3 Å². The first kappa shape index (κ1) is 20.5. The molecule has 1 heterocycles. The Kier molecular flexibility index (Phi) is 6.13. The molecule has 0 aliphatic heterocycles. The zero-order valence-corrected chi connectivity index (χ0v) is 17.2. The second-order valence-corrected chi connectivity index (χ2v) is 8.58. The molecule has 2 aliphatic rings. The van der Waals surface area contributed by atoms with Crippen molar-refractivity contribution in [2.45, 2.75) is 51.0 Å². The molecule has 4 N–H and O–H groups in total. The first-order valence-electron chi connectivity index (χ1n) is 10.9. The van der Waals surface area contributed by atoms with Gasteiger partial charge >= 0.3 is 5.69 Å². The van der Waals surface area contributed by atoms with Crippen LogP contribution in [0.2, 0.25) is 0 Å². The Morgan fingerprint density at radius 1 is 1.13 bits per heavy atom. The van der Waals surface area contributed by atoms with Gasteiger partial charge in [0.1, 0.15) is 6.20 Å². The average molecular weight is 411 g/mol. The minimum absolute atomic E-state index is 0.0778. The van der Waals surface area contributed by atoms with E-state index in [2.05, 4.69) is 39.1 Å². The Bertz CT molecular complexity index is 897. The normalized spacial score (nSPS) is 23.6. The molecule has 0 spiro atoms. The number of nitrogen functional groups attached to an aromatic ring is 1. The third kappa shape index (κ3) is 4.23. The largest absolute Gasteiger partial charge is 0.378 e. The molecule has 1 aromatic carbocycles. The summed E-state index contributed by atoms with van der Waals surface area (Å²) in [6.45, 7) is 1.59. The van der Waals surface area contributed by atoms with E-state index >= 15 is 0 Å². The Hall–Kier alpha value is -2.74. The molecular weight excluding hydrogens is 380 g/mol. The molecule has 0 saturated heterocycles. The first-order chi connectivity index (χ1) is 14.6. The molecule has 0 amide bonds. The molecule has 30 heavy (non-hydrogen) atoms. The maximum atomic E-state index is 11.2. The lowest BCUT2D eigenvalue weighted by atomic mass is 9.81. The number of aromatic nitrogens is 2. The van der Waals surface area contributed by atoms with Gasteiger partial charge in [-0.15, -0.1) is 0 Å². The highest BCUT2D eigenvalue weighted by Crippen LogP contribution is 2.39. The molecule has 1 fully saturated rings. The van der Waals surface area contributed by atoms with Crippen molar-refractivity contribution in [2.24, 2.45) is 17.6 Å². The fraction of sp³-hybridized carbons (Fsp3) is 0.545. The summed E-state index contributed by atoms with van der Waals surface area (Å²) in [4.78, 5) is 21.6. The monoisotopic (exact) mass is 410 g/mol. The van der Waals surface area contributed by atoms with E-state index in [9.17, 15) is 10.1 Å². The van der Waals surface area contributed by atoms with E-state index in [1.54, 1.807) is 0 Å². The summed E-state index contributed by atoms with van der Waals surface area (Å²) in [6.07, 6.45) is 9.00. The molecule has 4 rings (SSSR count). The summed E-state index contributed by atoms with van der Waals surface area (Å²) in [5.41, 5.74) is 14.2. The second-order valence-electron chi connectivity index (χ2n) is 8.58. The number of fused-ring (bicyclic) bond motifs is 1. The van der Waals surface area contributed by atoms with Crippen LogP contribution in [0.25, 0.3) is 0 Å². The average Bonchev–Trinajstić information content (AvgIpc) is 2.77. The van der Waals surface area contributed by atoms with Crippen LogP contribution in [0.4, 0.5) is 17.5 Å². The minimum Gasteiger partial charge on any atom is -0.378 e. The fourth-order valence-electron chi connectivity index (χ4n) is 4.99. The van der Waals surface area contributed by atoms with Gasteiger partial charge in [-0.25, -0.2) is 4.98 Å². The van der Waals surface area contributed by atoms with Crippen LogP contribution in [0.5, 0.6) is 0 Å². The number of aryl methyl sites for hydroxylation is 1. The molecule has 0 radical (unpaired) electrons. The zero-order valence-electron chi connectivity index (χ0n) is 17.2. The number of hydrogen-bond acceptors (Lipinski definition) is 7. The van der Waals surface area contributed by atoms with E-state index in [0.717, 1.165) is 58.0 Å². The second kappa shape index (κ2) is 8.95. The topological polar surface area (TPSA) is 124 Å². The number of nitrogens with zero attached hydrogens (tertiary/aromatic N) is 4. The molecule has 1 atom stereocenters. The van der Waals surface area contributed by atoms with Gasteiger partial charge in [0.25, 0.3) is 0 Å². The van der Waals surface area contributed by atoms with Crippen LogP contribution >= 0.6 is 0 Å². The highest BCUT2D eigenvalue weighted by atomic mass is 16.6. The van der Waals surface area contributed by atoms with Crippen LogP contribution in [-0.2, 0) is 6.42 Å². The Labute approximate surface area is 176 Å². The summed E-state index contributed by atoms with van der Waals surface area (Å²) in [5.74, 6) is 1.56. The van der Waals surface area contributed by atoms with Gasteiger partial charge in [-0.3, -0.25) is 10.1 Å². The summed E-state index contributed by atoms with van der Waals surface area (Å²) < 4.78 is 0. The van der Waals surface area contributed by atoms with Crippen molar-refractivity contribution in [3.63, 3.8) is 0 Å². The number of rotatable bonds is 6. The van der Waals surface area contributed by atoms with Crippen LogP contribution in [0.1, 0.15) is 55.7 Å². The molecule has 160 valence electrons. The van der Waals surface area contributed by atoms with Crippen molar-refractivity contribution in [2.75, 3.05) is 23.7 Å². The van der Waals surface area contributed by atoms with E-state index in [0.29, 0.717) is 17.8 Å². The third-order valence-corrected chi connectivity index (χ3v) is 6.71. The van der Waals surface area contributed by atoms with Gasteiger partial charge in [0.15, 0.2) is 0 Å². The van der Waals surface area contributed by atoms with Crippen molar-refractivity contribution >= 4 is 17.5 Å². The molecule has 1 aromatic heterocycles. The molecule has 2 aromatic rings. The molecular formula is C22H30N6O2. The molecule has 1 saturated carbocycles. The summed E-state index contributed by atoms with van der Waals surface area (Å²) >= 11 is 0. The standard InChI is InChI=1S/C22H30N6O2/c23-12-15-8-10-16(11-9-15)14-27(22-25-13-20(28(29)30)21(24)26-22)19-7-3-5-17-4-1-2-6-18(17)19/h1-2,4,6,13,15-16,19H,3,5,7-12,14,23H2,(H2,24,25,26)/t15?,16?,19-/m0/s1. The van der Waals surface area contributed by atoms with Gasteiger partial charge in [0, 0.05) is 6.54 Å². The highest BCUT2D eigenvalue weighted by Gasteiger charge is 2.31. The molecule has 8 nitrogen and oxygen atoms in total. The van der Waals surface area contributed by atoms with Crippen molar-refractivity contribution in [3.8, 4) is 0 Å². The van der Waals surface area contributed by atoms with E-state index in [1.807, 2.05) is 0 Å². The van der Waals surface area contributed by atoms with Gasteiger partial charge in [-0.05, 0) is 74.5 Å². The zero-order chi connectivity index (χ0) is 21.1. The van der Waals surface area contributed by atoms with E-state index in [4.69, 9.17) is 11.5 Å². The lowest BCUT2D eigenvalue weighted by Gasteiger charge is -2.39. The van der Waals surface area contributed by atoms with Crippen LogP contribution in [-0.4, -0.2) is 28.0 Å². The van der Waals surface area contributed by atoms with E-state index in [-0.39, 0.29) is 17.5 Å².